The van der Waals surface area contributed by atoms with Crippen LogP contribution in [-0.2, 0) is 25.6 Å². The van der Waals surface area contributed by atoms with E-state index in [1.807, 2.05) is 38.1 Å². The highest BCUT2D eigenvalue weighted by Crippen LogP contribution is 2.20. The number of nitrogens with one attached hydrogen (secondary N) is 5. The van der Waals surface area contributed by atoms with Gasteiger partial charge in [-0.3, -0.25) is 19.2 Å². The SMILES string of the molecule is CCC(C)C(NC(=O)C1CCCN1)C(=O)NC(Cc1c[nH]c2ccccc12)C(=O)NC(C)C(=O)O. The molecule has 0 spiro atoms. The average Bonchev–Trinajstić information content (AvgIpc) is 3.52. The van der Waals surface area contributed by atoms with Crippen LogP contribution < -0.4 is 21.3 Å². The maximum absolute atomic E-state index is 13.4. The first-order valence-electron chi connectivity index (χ1n) is 12.1. The number of hydrogen-bond donors (Lipinski definition) is 6. The van der Waals surface area contributed by atoms with Gasteiger partial charge in [-0.2, -0.15) is 0 Å². The predicted molar refractivity (Wildman–Crippen MR) is 132 cm³/mol. The Morgan fingerprint density at radius 1 is 1.09 bits per heavy atom. The Morgan fingerprint density at radius 2 is 1.83 bits per heavy atom. The first-order chi connectivity index (χ1) is 16.7. The third-order valence-corrected chi connectivity index (χ3v) is 6.63. The van der Waals surface area contributed by atoms with E-state index >= 15 is 0 Å². The molecule has 190 valence electrons. The molecule has 3 rings (SSSR count). The van der Waals surface area contributed by atoms with Crippen molar-refractivity contribution < 1.29 is 24.3 Å². The molecule has 1 aliphatic heterocycles. The number of rotatable bonds is 11. The van der Waals surface area contributed by atoms with Crippen molar-refractivity contribution >= 4 is 34.6 Å². The van der Waals surface area contributed by atoms with E-state index in [0.29, 0.717) is 12.8 Å². The highest BCUT2D eigenvalue weighted by Gasteiger charge is 2.33. The molecule has 1 aromatic carbocycles. The van der Waals surface area contributed by atoms with E-state index in [2.05, 4.69) is 26.3 Å². The summed E-state index contributed by atoms with van der Waals surface area (Å²) in [5.41, 5.74) is 1.70. The number of carbonyl (C=O) groups is 4. The fraction of sp³-hybridized carbons (Fsp3) is 0.520. The topological polar surface area (TPSA) is 152 Å². The van der Waals surface area contributed by atoms with Crippen LogP contribution in [0.3, 0.4) is 0 Å². The molecule has 0 aliphatic carbocycles. The van der Waals surface area contributed by atoms with E-state index in [1.165, 1.54) is 6.92 Å². The van der Waals surface area contributed by atoms with Crippen LogP contribution in [0.15, 0.2) is 30.5 Å². The third-order valence-electron chi connectivity index (χ3n) is 6.63. The number of aromatic amines is 1. The molecule has 35 heavy (non-hydrogen) atoms. The van der Waals surface area contributed by atoms with Gasteiger partial charge in [-0.15, -0.1) is 0 Å². The van der Waals surface area contributed by atoms with E-state index in [9.17, 15) is 24.3 Å². The Hall–Kier alpha value is -3.40. The number of para-hydroxylation sites is 1. The van der Waals surface area contributed by atoms with Gasteiger partial charge in [-0.1, -0.05) is 38.5 Å². The predicted octanol–water partition coefficient (Wildman–Crippen LogP) is 1.07. The van der Waals surface area contributed by atoms with E-state index in [4.69, 9.17) is 0 Å². The highest BCUT2D eigenvalue weighted by atomic mass is 16.4. The van der Waals surface area contributed by atoms with Crippen LogP contribution in [-0.4, -0.2) is 64.5 Å². The number of benzene rings is 1. The number of aliphatic carboxylic acids is 1. The summed E-state index contributed by atoms with van der Waals surface area (Å²) in [7, 11) is 0. The number of fused-ring (bicyclic) bond motifs is 1. The van der Waals surface area contributed by atoms with Crippen LogP contribution in [0.25, 0.3) is 10.9 Å². The summed E-state index contributed by atoms with van der Waals surface area (Å²) >= 11 is 0. The van der Waals surface area contributed by atoms with Crippen LogP contribution in [0.5, 0.6) is 0 Å². The molecule has 5 unspecified atom stereocenters. The molecule has 2 aromatic rings. The van der Waals surface area contributed by atoms with Crippen molar-refractivity contribution in [2.24, 2.45) is 5.92 Å². The van der Waals surface area contributed by atoms with E-state index in [0.717, 1.165) is 29.4 Å². The fourth-order valence-corrected chi connectivity index (χ4v) is 4.23. The molecule has 6 N–H and O–H groups in total. The van der Waals surface area contributed by atoms with Gasteiger partial charge < -0.3 is 31.4 Å². The second kappa shape index (κ2) is 11.8. The van der Waals surface area contributed by atoms with Gasteiger partial charge in [0.2, 0.25) is 17.7 Å². The molecule has 10 nitrogen and oxygen atoms in total. The molecule has 0 radical (unpaired) electrons. The van der Waals surface area contributed by atoms with Crippen molar-refractivity contribution in [2.45, 2.75) is 70.6 Å². The van der Waals surface area contributed by atoms with Gasteiger partial charge in [-0.05, 0) is 43.9 Å². The molecule has 2 heterocycles. The van der Waals surface area contributed by atoms with Gasteiger partial charge in [-0.25, -0.2) is 0 Å². The minimum absolute atomic E-state index is 0.152. The molecule has 5 atom stereocenters. The largest absolute Gasteiger partial charge is 0.480 e. The molecular weight excluding hydrogens is 450 g/mol. The van der Waals surface area contributed by atoms with Crippen LogP contribution in [0.2, 0.25) is 0 Å². The number of hydrogen-bond acceptors (Lipinski definition) is 5. The molecular formula is C25H35N5O5. The van der Waals surface area contributed by atoms with Crippen LogP contribution in [0.1, 0.15) is 45.6 Å². The first-order valence-corrected chi connectivity index (χ1v) is 12.1. The monoisotopic (exact) mass is 485 g/mol. The van der Waals surface area contributed by atoms with Gasteiger partial charge in [0.25, 0.3) is 0 Å². The number of aromatic nitrogens is 1. The smallest absolute Gasteiger partial charge is 0.325 e. The lowest BCUT2D eigenvalue weighted by Crippen LogP contribution is -2.58. The fourth-order valence-electron chi connectivity index (χ4n) is 4.23. The lowest BCUT2D eigenvalue weighted by Gasteiger charge is -2.27. The quantitative estimate of drug-likeness (QED) is 0.280. The Balaban J connectivity index is 1.81. The van der Waals surface area contributed by atoms with Crippen molar-refractivity contribution in [3.05, 3.63) is 36.0 Å². The number of amides is 3. The zero-order valence-corrected chi connectivity index (χ0v) is 20.4. The Morgan fingerprint density at radius 3 is 2.49 bits per heavy atom. The first kappa shape index (κ1) is 26.2. The van der Waals surface area contributed by atoms with Gasteiger partial charge in [0.05, 0.1) is 6.04 Å². The third kappa shape index (κ3) is 6.60. The standard InChI is InChI=1S/C25H35N5O5/c1-4-14(2)21(30-22(31)19-10-7-11-26-19)24(33)29-20(23(32)28-15(3)25(34)35)12-16-13-27-18-9-6-5-8-17(16)18/h5-6,8-9,13-15,19-21,26-27H,4,7,10-12H2,1-3H3,(H,28,32)(H,29,33)(H,30,31)(H,34,35). The summed E-state index contributed by atoms with van der Waals surface area (Å²) in [6, 6.07) is 4.27. The maximum Gasteiger partial charge on any atom is 0.325 e. The second-order valence-electron chi connectivity index (χ2n) is 9.21. The summed E-state index contributed by atoms with van der Waals surface area (Å²) in [6.07, 6.45) is 4.18. The van der Waals surface area contributed by atoms with E-state index in [1.54, 1.807) is 6.20 Å². The normalized spacial score (nSPS) is 18.9. The van der Waals surface area contributed by atoms with E-state index in [-0.39, 0.29) is 24.3 Å². The molecule has 0 bridgehead atoms. The van der Waals surface area contributed by atoms with Crippen molar-refractivity contribution in [1.82, 2.24) is 26.3 Å². The van der Waals surface area contributed by atoms with Gasteiger partial charge >= 0.3 is 5.97 Å². The van der Waals surface area contributed by atoms with Crippen molar-refractivity contribution in [1.29, 1.82) is 0 Å². The van der Waals surface area contributed by atoms with Crippen molar-refractivity contribution in [3.63, 3.8) is 0 Å². The summed E-state index contributed by atoms with van der Waals surface area (Å²) < 4.78 is 0. The number of carboxylic acid groups (broad SMARTS) is 1. The van der Waals surface area contributed by atoms with E-state index < -0.39 is 35.9 Å². The zero-order valence-electron chi connectivity index (χ0n) is 20.4. The van der Waals surface area contributed by atoms with Crippen molar-refractivity contribution in [2.75, 3.05) is 6.54 Å². The zero-order chi connectivity index (χ0) is 25.5. The summed E-state index contributed by atoms with van der Waals surface area (Å²) in [5, 5.41) is 21.4. The minimum atomic E-state index is -1.18. The molecule has 1 saturated heterocycles. The maximum atomic E-state index is 13.4. The summed E-state index contributed by atoms with van der Waals surface area (Å²) in [6.45, 7) is 5.91. The lowest BCUT2D eigenvalue weighted by atomic mass is 9.96. The van der Waals surface area contributed by atoms with Gasteiger partial charge in [0.15, 0.2) is 0 Å². The Kier molecular flexibility index (Phi) is 8.86. The average molecular weight is 486 g/mol. The molecule has 1 aromatic heterocycles. The van der Waals surface area contributed by atoms with Crippen LogP contribution in [0, 0.1) is 5.92 Å². The highest BCUT2D eigenvalue weighted by molar-refractivity contribution is 5.95. The molecule has 1 aliphatic rings. The van der Waals surface area contributed by atoms with Gasteiger partial charge in [0, 0.05) is 23.5 Å². The summed E-state index contributed by atoms with van der Waals surface area (Å²) in [4.78, 5) is 53.6. The number of carbonyl (C=O) groups excluding carboxylic acids is 3. The summed E-state index contributed by atoms with van der Waals surface area (Å²) in [5.74, 6) is -2.67. The molecule has 10 heteroatoms. The molecule has 0 saturated carbocycles. The Labute approximate surface area is 204 Å². The lowest BCUT2D eigenvalue weighted by molar-refractivity contribution is -0.141. The second-order valence-corrected chi connectivity index (χ2v) is 9.21. The van der Waals surface area contributed by atoms with Crippen LogP contribution >= 0.6 is 0 Å². The van der Waals surface area contributed by atoms with Crippen molar-refractivity contribution in [3.8, 4) is 0 Å². The van der Waals surface area contributed by atoms with Gasteiger partial charge in [0.1, 0.15) is 18.1 Å². The number of H-pyrrole nitrogens is 1. The minimum Gasteiger partial charge on any atom is -0.480 e. The molecule has 1 fully saturated rings. The Bertz CT molecular complexity index is 1060. The number of carboxylic acids is 1. The molecule has 3 amide bonds. The van der Waals surface area contributed by atoms with Crippen LogP contribution in [0.4, 0.5) is 0 Å².